The summed E-state index contributed by atoms with van der Waals surface area (Å²) < 4.78 is 5.37. The van der Waals surface area contributed by atoms with Crippen LogP contribution in [0.4, 0.5) is 5.69 Å². The van der Waals surface area contributed by atoms with Gasteiger partial charge in [-0.3, -0.25) is 14.6 Å². The number of nitrogens with zero attached hydrogens (tertiary/aromatic N) is 1. The number of aromatic nitrogens is 1. The average molecular weight is 428 g/mol. The van der Waals surface area contributed by atoms with Gasteiger partial charge < -0.3 is 15.4 Å². The van der Waals surface area contributed by atoms with Crippen LogP contribution >= 0.6 is 0 Å². The van der Waals surface area contributed by atoms with E-state index in [1.807, 2.05) is 12.1 Å². The second-order valence-corrected chi connectivity index (χ2v) is 8.40. The van der Waals surface area contributed by atoms with E-state index in [1.165, 1.54) is 5.56 Å². The number of allylic oxidation sites excluding steroid dienone is 1. The van der Waals surface area contributed by atoms with Crippen LogP contribution in [0, 0.1) is 0 Å². The summed E-state index contributed by atoms with van der Waals surface area (Å²) in [4.78, 5) is 29.2. The molecule has 2 N–H and O–H groups in total. The van der Waals surface area contributed by atoms with Gasteiger partial charge in [-0.1, -0.05) is 6.07 Å². The van der Waals surface area contributed by atoms with E-state index in [0.717, 1.165) is 23.4 Å². The van der Waals surface area contributed by atoms with E-state index >= 15 is 0 Å². The number of carbonyl (C=O) groups excluding carboxylic acids is 2. The number of hydrogen-bond acceptors (Lipinski definition) is 5. The van der Waals surface area contributed by atoms with Crippen LogP contribution in [0.15, 0.2) is 73.1 Å². The van der Waals surface area contributed by atoms with Crippen LogP contribution in [0.5, 0.6) is 5.75 Å². The first kappa shape index (κ1) is 21.3. The van der Waals surface area contributed by atoms with Crippen molar-refractivity contribution in [1.82, 2.24) is 10.3 Å². The molecule has 2 aromatic carbocycles. The number of hydrogen-bond donors (Lipinski definition) is 2. The predicted octanol–water partition coefficient (Wildman–Crippen LogP) is 4.49. The third kappa shape index (κ3) is 4.70. The van der Waals surface area contributed by atoms with E-state index in [-0.39, 0.29) is 17.2 Å². The highest BCUT2D eigenvalue weighted by atomic mass is 16.5. The van der Waals surface area contributed by atoms with E-state index < -0.39 is 0 Å². The molecule has 2 heterocycles. The van der Waals surface area contributed by atoms with Gasteiger partial charge in [-0.2, -0.15) is 0 Å². The Morgan fingerprint density at radius 3 is 2.44 bits per heavy atom. The lowest BCUT2D eigenvalue weighted by atomic mass is 9.85. The van der Waals surface area contributed by atoms with Crippen molar-refractivity contribution in [3.8, 4) is 5.75 Å². The number of pyridine rings is 1. The van der Waals surface area contributed by atoms with Gasteiger partial charge in [0.1, 0.15) is 5.75 Å². The first-order chi connectivity index (χ1) is 15.3. The maximum absolute atomic E-state index is 13.0. The number of methoxy groups -OCH3 is 1. The number of benzene rings is 2. The van der Waals surface area contributed by atoms with Gasteiger partial charge in [-0.15, -0.1) is 0 Å². The van der Waals surface area contributed by atoms with Gasteiger partial charge in [-0.05, 0) is 74.4 Å². The lowest BCUT2D eigenvalue weighted by Gasteiger charge is -2.35. The Hall–Kier alpha value is -3.93. The first-order valence-corrected chi connectivity index (χ1v) is 10.4. The van der Waals surface area contributed by atoms with Crippen LogP contribution in [0.2, 0.25) is 0 Å². The van der Waals surface area contributed by atoms with Crippen molar-refractivity contribution < 1.29 is 14.3 Å². The first-order valence-electron chi connectivity index (χ1n) is 10.4. The van der Waals surface area contributed by atoms with Crippen molar-refractivity contribution in [2.45, 2.75) is 25.8 Å². The highest BCUT2D eigenvalue weighted by Gasteiger charge is 2.28. The third-order valence-electron chi connectivity index (χ3n) is 5.36. The largest absolute Gasteiger partial charge is 0.497 e. The molecule has 6 heteroatoms. The van der Waals surface area contributed by atoms with Crippen molar-refractivity contribution in [1.29, 1.82) is 0 Å². The normalized spacial score (nSPS) is 15.4. The molecule has 0 aliphatic carbocycles. The molecule has 3 aromatic rings. The number of ether oxygens (including phenoxy) is 1. The van der Waals surface area contributed by atoms with Gasteiger partial charge in [0, 0.05) is 52.1 Å². The number of carbonyl (C=O) groups is 2. The zero-order valence-electron chi connectivity index (χ0n) is 18.3. The number of amides is 1. The minimum Gasteiger partial charge on any atom is -0.497 e. The maximum atomic E-state index is 13.0. The van der Waals surface area contributed by atoms with Gasteiger partial charge in [0.25, 0.3) is 5.91 Å². The summed E-state index contributed by atoms with van der Waals surface area (Å²) in [5, 5.41) is 6.30. The Balaban J connectivity index is 1.55. The predicted molar refractivity (Wildman–Crippen MR) is 125 cm³/mol. The van der Waals surface area contributed by atoms with E-state index in [9.17, 15) is 9.59 Å². The molecule has 0 bridgehead atoms. The summed E-state index contributed by atoms with van der Waals surface area (Å²) in [6, 6.07) is 16.1. The fourth-order valence-electron chi connectivity index (χ4n) is 3.79. The Morgan fingerprint density at radius 2 is 1.75 bits per heavy atom. The summed E-state index contributed by atoms with van der Waals surface area (Å²) in [5.74, 6) is 0.400. The van der Waals surface area contributed by atoms with Crippen LogP contribution in [-0.4, -0.2) is 29.3 Å². The molecule has 6 nitrogen and oxygen atoms in total. The smallest absolute Gasteiger partial charge is 0.255 e. The number of ketones is 1. The van der Waals surface area contributed by atoms with E-state index in [1.54, 1.807) is 62.0 Å². The Bertz CT molecular complexity index is 1180. The van der Waals surface area contributed by atoms with Gasteiger partial charge in [0.2, 0.25) is 0 Å². The van der Waals surface area contributed by atoms with Crippen molar-refractivity contribution >= 4 is 23.1 Å². The van der Waals surface area contributed by atoms with Gasteiger partial charge >= 0.3 is 0 Å². The molecule has 0 unspecified atom stereocenters. The Morgan fingerprint density at radius 1 is 1.03 bits per heavy atom. The zero-order chi connectivity index (χ0) is 22.7. The van der Waals surface area contributed by atoms with Crippen LogP contribution in [0.1, 0.15) is 45.7 Å². The molecule has 162 valence electrons. The maximum Gasteiger partial charge on any atom is 0.255 e. The Labute approximate surface area is 187 Å². The number of rotatable bonds is 5. The highest BCUT2D eigenvalue weighted by Crippen LogP contribution is 2.32. The second kappa shape index (κ2) is 8.67. The molecular formula is C26H25N3O3. The molecule has 0 atom stereocenters. The van der Waals surface area contributed by atoms with Crippen molar-refractivity contribution in [3.05, 3.63) is 95.3 Å². The van der Waals surface area contributed by atoms with Crippen molar-refractivity contribution in [2.24, 2.45) is 0 Å². The number of fused-ring (bicyclic) bond motifs is 1. The zero-order valence-corrected chi connectivity index (χ0v) is 18.3. The lowest BCUT2D eigenvalue weighted by Crippen LogP contribution is -2.43. The molecule has 0 saturated heterocycles. The average Bonchev–Trinajstić information content (AvgIpc) is 2.79. The fourth-order valence-corrected chi connectivity index (χ4v) is 3.79. The third-order valence-corrected chi connectivity index (χ3v) is 5.36. The second-order valence-electron chi connectivity index (χ2n) is 8.40. The summed E-state index contributed by atoms with van der Waals surface area (Å²) in [6.45, 7) is 4.22. The minimum absolute atomic E-state index is 0.119. The summed E-state index contributed by atoms with van der Waals surface area (Å²) >= 11 is 0. The monoisotopic (exact) mass is 427 g/mol. The topological polar surface area (TPSA) is 80.3 Å². The van der Waals surface area contributed by atoms with Crippen molar-refractivity contribution in [3.63, 3.8) is 0 Å². The van der Waals surface area contributed by atoms with E-state index in [2.05, 4.69) is 35.5 Å². The van der Waals surface area contributed by atoms with Gasteiger partial charge in [0.05, 0.1) is 7.11 Å². The molecule has 4 rings (SSSR count). The van der Waals surface area contributed by atoms with Gasteiger partial charge in [0.15, 0.2) is 5.78 Å². The molecule has 1 aliphatic heterocycles. The SMILES string of the molecule is COc1ccc2c(c1)/C(=C/C(=O)c1ccc(NC(=O)c3ccncc3)cc1)NC(C)(C)C2. The fraction of sp³-hybridized carbons (Fsp3) is 0.192. The summed E-state index contributed by atoms with van der Waals surface area (Å²) in [5.41, 5.74) is 4.41. The van der Waals surface area contributed by atoms with E-state index in [0.29, 0.717) is 16.8 Å². The van der Waals surface area contributed by atoms with Crippen LogP contribution in [-0.2, 0) is 6.42 Å². The van der Waals surface area contributed by atoms with Gasteiger partial charge in [-0.25, -0.2) is 0 Å². The molecule has 1 aliphatic rings. The van der Waals surface area contributed by atoms with Crippen LogP contribution in [0.3, 0.4) is 0 Å². The standard InChI is InChI=1S/C26H25N3O3/c1-26(2)16-19-6-9-21(32-3)14-22(19)23(29-26)15-24(30)17-4-7-20(8-5-17)28-25(31)18-10-12-27-13-11-18/h4-15,29H,16H2,1-3H3,(H,28,31)/b23-15-. The molecule has 1 amide bonds. The van der Waals surface area contributed by atoms with Crippen LogP contribution < -0.4 is 15.4 Å². The summed E-state index contributed by atoms with van der Waals surface area (Å²) in [6.07, 6.45) is 5.62. The molecule has 0 saturated carbocycles. The van der Waals surface area contributed by atoms with Crippen molar-refractivity contribution in [2.75, 3.05) is 12.4 Å². The quantitative estimate of drug-likeness (QED) is 0.463. The van der Waals surface area contributed by atoms with Crippen LogP contribution in [0.25, 0.3) is 5.70 Å². The highest BCUT2D eigenvalue weighted by molar-refractivity contribution is 6.09. The van der Waals surface area contributed by atoms with E-state index in [4.69, 9.17) is 4.74 Å². The Kier molecular flexibility index (Phi) is 5.77. The molecular weight excluding hydrogens is 402 g/mol. The minimum atomic E-state index is -0.229. The summed E-state index contributed by atoms with van der Waals surface area (Å²) in [7, 11) is 1.63. The lowest BCUT2D eigenvalue weighted by molar-refractivity contribution is 0.102. The number of anilines is 1. The molecule has 0 fully saturated rings. The molecule has 1 aromatic heterocycles. The molecule has 32 heavy (non-hydrogen) atoms. The molecule has 0 radical (unpaired) electrons. The number of nitrogens with one attached hydrogen (secondary N) is 2. The molecule has 0 spiro atoms.